The van der Waals surface area contributed by atoms with E-state index in [0.29, 0.717) is 11.6 Å². The number of halogens is 3. The molecular formula is C22H20F3N3O4S. The van der Waals surface area contributed by atoms with E-state index in [0.717, 1.165) is 13.1 Å². The highest BCUT2D eigenvalue weighted by Crippen LogP contribution is 2.32. The van der Waals surface area contributed by atoms with Crippen LogP contribution < -0.4 is 5.32 Å². The van der Waals surface area contributed by atoms with Gasteiger partial charge in [-0.05, 0) is 37.3 Å². The zero-order chi connectivity index (χ0) is 25.0. The Kier molecular flexibility index (Phi) is 7.53. The molecule has 1 aromatic heterocycles. The monoisotopic (exact) mass is 479 g/mol. The third kappa shape index (κ3) is 6.78. The number of rotatable bonds is 5. The van der Waals surface area contributed by atoms with Crippen molar-refractivity contribution in [1.29, 1.82) is 5.26 Å². The number of benzene rings is 1. The number of sulfone groups is 1. The number of amides is 1. The molecule has 0 saturated heterocycles. The van der Waals surface area contributed by atoms with Gasteiger partial charge in [0, 0.05) is 11.5 Å². The van der Waals surface area contributed by atoms with E-state index in [9.17, 15) is 31.5 Å². The predicted octanol–water partition coefficient (Wildman–Crippen LogP) is 3.14. The smallest absolute Gasteiger partial charge is 0.379 e. The first-order valence-electron chi connectivity index (χ1n) is 9.51. The maximum atomic E-state index is 13.1. The molecular weight excluding hydrogens is 459 g/mol. The zero-order valence-electron chi connectivity index (χ0n) is 17.9. The van der Waals surface area contributed by atoms with Crippen LogP contribution in [-0.4, -0.2) is 35.8 Å². The molecule has 0 aliphatic carbocycles. The molecule has 1 heterocycles. The molecule has 2 N–H and O–H groups in total. The molecule has 1 atom stereocenters. The van der Waals surface area contributed by atoms with Crippen molar-refractivity contribution in [3.8, 4) is 17.9 Å². The fraction of sp³-hybridized carbons (Fsp3) is 0.318. The Bertz CT molecular complexity index is 1250. The van der Waals surface area contributed by atoms with Crippen molar-refractivity contribution in [1.82, 2.24) is 4.98 Å². The SMILES string of the molecule is CC(C)C#Cc1ccc(S(=O)(=O)CC(C)(O)C(=O)Nc2cnc(C#N)c(C(F)(F)F)c2)cc1. The quantitative estimate of drug-likeness (QED) is 0.636. The van der Waals surface area contributed by atoms with E-state index in [-0.39, 0.29) is 10.8 Å². The van der Waals surface area contributed by atoms with Gasteiger partial charge in [-0.25, -0.2) is 13.4 Å². The van der Waals surface area contributed by atoms with Gasteiger partial charge in [-0.2, -0.15) is 18.4 Å². The van der Waals surface area contributed by atoms with Gasteiger partial charge in [-0.3, -0.25) is 4.79 Å². The topological polar surface area (TPSA) is 120 Å². The van der Waals surface area contributed by atoms with Crippen molar-refractivity contribution >= 4 is 21.4 Å². The Morgan fingerprint density at radius 2 is 1.85 bits per heavy atom. The van der Waals surface area contributed by atoms with Gasteiger partial charge >= 0.3 is 6.18 Å². The second-order valence-electron chi connectivity index (χ2n) is 7.67. The largest absolute Gasteiger partial charge is 0.419 e. The molecule has 0 aliphatic heterocycles. The van der Waals surface area contributed by atoms with Crippen molar-refractivity contribution in [2.24, 2.45) is 5.92 Å². The van der Waals surface area contributed by atoms with E-state index in [1.165, 1.54) is 30.3 Å². The van der Waals surface area contributed by atoms with Gasteiger partial charge < -0.3 is 10.4 Å². The Hall–Kier alpha value is -3.41. The van der Waals surface area contributed by atoms with Gasteiger partial charge in [-0.15, -0.1) is 0 Å². The van der Waals surface area contributed by atoms with Crippen LogP contribution in [0.15, 0.2) is 41.4 Å². The van der Waals surface area contributed by atoms with E-state index in [2.05, 4.69) is 16.8 Å². The Morgan fingerprint density at radius 3 is 2.36 bits per heavy atom. The molecule has 1 aromatic carbocycles. The van der Waals surface area contributed by atoms with Gasteiger partial charge in [0.15, 0.2) is 21.1 Å². The van der Waals surface area contributed by atoms with Crippen molar-refractivity contribution < 1.29 is 31.5 Å². The van der Waals surface area contributed by atoms with Crippen molar-refractivity contribution in [2.45, 2.75) is 37.4 Å². The average molecular weight is 479 g/mol. The number of anilines is 1. The van der Waals surface area contributed by atoms with E-state index < -0.39 is 50.2 Å². The Balaban J connectivity index is 2.22. The average Bonchev–Trinajstić information content (AvgIpc) is 2.71. The summed E-state index contributed by atoms with van der Waals surface area (Å²) in [6, 6.07) is 7.32. The van der Waals surface area contributed by atoms with E-state index >= 15 is 0 Å². The summed E-state index contributed by atoms with van der Waals surface area (Å²) < 4.78 is 64.6. The zero-order valence-corrected chi connectivity index (χ0v) is 18.7. The number of carbonyl (C=O) groups excluding carboxylic acids is 1. The molecule has 0 aliphatic rings. The minimum atomic E-state index is -4.91. The molecule has 0 saturated carbocycles. The number of nitrogens with one attached hydrogen (secondary N) is 1. The minimum Gasteiger partial charge on any atom is -0.379 e. The number of pyridine rings is 1. The molecule has 2 aromatic rings. The molecule has 2 rings (SSSR count). The molecule has 33 heavy (non-hydrogen) atoms. The highest BCUT2D eigenvalue weighted by atomic mass is 32.2. The van der Waals surface area contributed by atoms with Crippen LogP contribution in [0.1, 0.15) is 37.6 Å². The number of alkyl halides is 3. The lowest BCUT2D eigenvalue weighted by molar-refractivity contribution is -0.138. The number of hydrogen-bond donors (Lipinski definition) is 2. The Morgan fingerprint density at radius 1 is 1.24 bits per heavy atom. The molecule has 0 radical (unpaired) electrons. The maximum Gasteiger partial charge on any atom is 0.419 e. The van der Waals surface area contributed by atoms with Gasteiger partial charge in [-0.1, -0.05) is 25.7 Å². The normalized spacial score (nSPS) is 13.4. The van der Waals surface area contributed by atoms with Gasteiger partial charge in [0.25, 0.3) is 5.91 Å². The third-order valence-corrected chi connectivity index (χ3v) is 6.17. The van der Waals surface area contributed by atoms with Gasteiger partial charge in [0.05, 0.1) is 28.1 Å². The number of carbonyl (C=O) groups is 1. The van der Waals surface area contributed by atoms with Crippen LogP contribution in [0, 0.1) is 29.1 Å². The molecule has 1 amide bonds. The third-order valence-electron chi connectivity index (χ3n) is 4.24. The summed E-state index contributed by atoms with van der Waals surface area (Å²) in [7, 11) is -4.14. The van der Waals surface area contributed by atoms with Crippen LogP contribution in [0.4, 0.5) is 18.9 Å². The van der Waals surface area contributed by atoms with Crippen molar-refractivity contribution in [3.05, 3.63) is 53.3 Å². The van der Waals surface area contributed by atoms with E-state index in [4.69, 9.17) is 5.26 Å². The summed E-state index contributed by atoms with van der Waals surface area (Å²) in [5, 5.41) is 21.3. The number of aliphatic hydroxyl groups is 1. The summed E-state index contributed by atoms with van der Waals surface area (Å²) >= 11 is 0. The second kappa shape index (κ2) is 9.61. The van der Waals surface area contributed by atoms with Crippen LogP contribution >= 0.6 is 0 Å². The minimum absolute atomic E-state index is 0.125. The Labute approximate surface area is 189 Å². The molecule has 11 heteroatoms. The summed E-state index contributed by atoms with van der Waals surface area (Å²) in [4.78, 5) is 15.6. The number of nitrogens with zero attached hydrogens (tertiary/aromatic N) is 2. The fourth-order valence-electron chi connectivity index (χ4n) is 2.60. The summed E-state index contributed by atoms with van der Waals surface area (Å²) in [5.41, 5.74) is -4.63. The summed E-state index contributed by atoms with van der Waals surface area (Å²) in [5.74, 6) is 3.64. The lowest BCUT2D eigenvalue weighted by Gasteiger charge is -2.22. The van der Waals surface area contributed by atoms with Crippen LogP contribution in [0.25, 0.3) is 0 Å². The number of aromatic nitrogens is 1. The number of nitriles is 1. The van der Waals surface area contributed by atoms with E-state index in [1.54, 1.807) is 0 Å². The lowest BCUT2D eigenvalue weighted by atomic mass is 10.1. The molecule has 0 spiro atoms. The lowest BCUT2D eigenvalue weighted by Crippen LogP contribution is -2.45. The predicted molar refractivity (Wildman–Crippen MR) is 113 cm³/mol. The summed E-state index contributed by atoms with van der Waals surface area (Å²) in [6.45, 7) is 4.72. The molecule has 0 fully saturated rings. The van der Waals surface area contributed by atoms with Crippen LogP contribution in [0.2, 0.25) is 0 Å². The van der Waals surface area contributed by atoms with Crippen LogP contribution in [-0.2, 0) is 20.8 Å². The van der Waals surface area contributed by atoms with Gasteiger partial charge in [0.1, 0.15) is 6.07 Å². The van der Waals surface area contributed by atoms with Crippen LogP contribution in [0.3, 0.4) is 0 Å². The molecule has 174 valence electrons. The summed E-state index contributed by atoms with van der Waals surface area (Å²) in [6.07, 6.45) is -4.11. The molecule has 1 unspecified atom stereocenters. The van der Waals surface area contributed by atoms with Gasteiger partial charge in [0.2, 0.25) is 0 Å². The first-order valence-corrected chi connectivity index (χ1v) is 11.2. The highest BCUT2D eigenvalue weighted by Gasteiger charge is 2.38. The molecule has 0 bridgehead atoms. The van der Waals surface area contributed by atoms with Crippen molar-refractivity contribution in [2.75, 3.05) is 11.1 Å². The first kappa shape index (κ1) is 25.8. The standard InChI is InChI=1S/C22H20F3N3O4S/c1-14(2)4-5-15-6-8-17(9-7-15)33(31,32)13-21(3,30)20(29)28-16-10-18(22(23,24)25)19(11-26)27-12-16/h6-10,12,14,30H,13H2,1-3H3,(H,28,29). The maximum absolute atomic E-state index is 13.1. The first-order chi connectivity index (χ1) is 15.2. The highest BCUT2D eigenvalue weighted by molar-refractivity contribution is 7.91. The fourth-order valence-corrected chi connectivity index (χ4v) is 4.18. The van der Waals surface area contributed by atoms with Crippen molar-refractivity contribution in [3.63, 3.8) is 0 Å². The van der Waals surface area contributed by atoms with Crippen LogP contribution in [0.5, 0.6) is 0 Å². The second-order valence-corrected chi connectivity index (χ2v) is 9.65. The van der Waals surface area contributed by atoms with E-state index in [1.807, 2.05) is 19.2 Å². The molecule has 7 nitrogen and oxygen atoms in total. The number of hydrogen-bond acceptors (Lipinski definition) is 6.